The van der Waals surface area contributed by atoms with Gasteiger partial charge in [-0.15, -0.1) is 0 Å². The molecule has 4 nitrogen and oxygen atoms in total. The van der Waals surface area contributed by atoms with Crippen LogP contribution in [-0.2, 0) is 4.79 Å². The van der Waals surface area contributed by atoms with Crippen LogP contribution < -0.4 is 5.32 Å². The van der Waals surface area contributed by atoms with Gasteiger partial charge in [0, 0.05) is 18.6 Å². The second-order valence-corrected chi connectivity index (χ2v) is 5.84. The van der Waals surface area contributed by atoms with Gasteiger partial charge >= 0.3 is 0 Å². The van der Waals surface area contributed by atoms with E-state index in [-0.39, 0.29) is 11.9 Å². The summed E-state index contributed by atoms with van der Waals surface area (Å²) < 4.78 is 1.07. The molecule has 1 aliphatic heterocycles. The van der Waals surface area contributed by atoms with Crippen LogP contribution in [0.1, 0.15) is 6.42 Å². The lowest BCUT2D eigenvalue weighted by Crippen LogP contribution is -2.30. The standard InChI is InChI=1S/C12H12ClN3OS/c1-16-5-4-8(11(16)17)14-12-15-9-6-7(13)2-3-10(9)18-12/h2-3,6,8H,4-5H2,1H3,(H,14,15). The summed E-state index contributed by atoms with van der Waals surface area (Å²) >= 11 is 7.47. The van der Waals surface area contributed by atoms with E-state index in [2.05, 4.69) is 10.3 Å². The molecule has 1 fully saturated rings. The first-order chi connectivity index (χ1) is 8.63. The van der Waals surface area contributed by atoms with Crippen molar-refractivity contribution in [1.82, 2.24) is 9.88 Å². The lowest BCUT2D eigenvalue weighted by atomic mass is 10.2. The van der Waals surface area contributed by atoms with Gasteiger partial charge in [-0.2, -0.15) is 0 Å². The van der Waals surface area contributed by atoms with Crippen molar-refractivity contribution in [3.8, 4) is 0 Å². The number of carbonyl (C=O) groups excluding carboxylic acids is 1. The predicted octanol–water partition coefficient (Wildman–Crippen LogP) is 2.59. The smallest absolute Gasteiger partial charge is 0.244 e. The van der Waals surface area contributed by atoms with Gasteiger partial charge in [-0.3, -0.25) is 4.79 Å². The molecule has 1 aliphatic rings. The third-order valence-corrected chi connectivity index (χ3v) is 4.28. The SMILES string of the molecule is CN1CCC(Nc2nc3cc(Cl)ccc3s2)C1=O. The molecule has 1 amide bonds. The quantitative estimate of drug-likeness (QED) is 0.920. The third-order valence-electron chi connectivity index (χ3n) is 3.07. The van der Waals surface area contributed by atoms with E-state index in [1.165, 1.54) is 0 Å². The summed E-state index contributed by atoms with van der Waals surface area (Å²) in [5.41, 5.74) is 0.869. The number of carbonyl (C=O) groups is 1. The maximum Gasteiger partial charge on any atom is 0.244 e. The molecule has 1 aromatic carbocycles. The van der Waals surface area contributed by atoms with Crippen LogP contribution in [0.5, 0.6) is 0 Å². The second-order valence-electron chi connectivity index (χ2n) is 4.38. The number of benzene rings is 1. The third kappa shape index (κ3) is 2.04. The molecule has 18 heavy (non-hydrogen) atoms. The molecule has 0 radical (unpaired) electrons. The Hall–Kier alpha value is -1.33. The molecule has 0 saturated carbocycles. The summed E-state index contributed by atoms with van der Waals surface area (Å²) in [6.07, 6.45) is 0.825. The first-order valence-electron chi connectivity index (χ1n) is 5.71. The minimum Gasteiger partial charge on any atom is -0.350 e. The fourth-order valence-electron chi connectivity index (χ4n) is 2.07. The highest BCUT2D eigenvalue weighted by molar-refractivity contribution is 7.22. The zero-order valence-corrected chi connectivity index (χ0v) is 11.4. The van der Waals surface area contributed by atoms with Crippen molar-refractivity contribution in [2.75, 3.05) is 18.9 Å². The van der Waals surface area contributed by atoms with Gasteiger partial charge in [0.15, 0.2) is 5.13 Å². The van der Waals surface area contributed by atoms with Crippen LogP contribution in [0, 0.1) is 0 Å². The van der Waals surface area contributed by atoms with Gasteiger partial charge in [-0.1, -0.05) is 22.9 Å². The molecular formula is C12H12ClN3OS. The van der Waals surface area contributed by atoms with Crippen molar-refractivity contribution >= 4 is 44.2 Å². The highest BCUT2D eigenvalue weighted by atomic mass is 35.5. The molecule has 0 bridgehead atoms. The number of hydrogen-bond donors (Lipinski definition) is 1. The number of rotatable bonds is 2. The number of hydrogen-bond acceptors (Lipinski definition) is 4. The van der Waals surface area contributed by atoms with E-state index in [1.807, 2.05) is 25.2 Å². The van der Waals surface area contributed by atoms with Crippen LogP contribution in [0.2, 0.25) is 5.02 Å². The molecule has 2 heterocycles. The highest BCUT2D eigenvalue weighted by Gasteiger charge is 2.29. The van der Waals surface area contributed by atoms with Gasteiger partial charge in [-0.25, -0.2) is 4.98 Å². The van der Waals surface area contributed by atoms with Crippen molar-refractivity contribution in [1.29, 1.82) is 0 Å². The molecule has 94 valence electrons. The summed E-state index contributed by atoms with van der Waals surface area (Å²) in [6, 6.07) is 5.48. The molecule has 1 unspecified atom stereocenters. The van der Waals surface area contributed by atoms with E-state index in [1.54, 1.807) is 16.2 Å². The van der Waals surface area contributed by atoms with Crippen LogP contribution in [0.4, 0.5) is 5.13 Å². The number of thiazole rings is 1. The lowest BCUT2D eigenvalue weighted by Gasteiger charge is -2.10. The summed E-state index contributed by atoms with van der Waals surface area (Å²) in [6.45, 7) is 0.799. The Labute approximate surface area is 114 Å². The minimum absolute atomic E-state index is 0.132. The molecule has 1 saturated heterocycles. The van der Waals surface area contributed by atoms with Crippen molar-refractivity contribution in [2.24, 2.45) is 0 Å². The van der Waals surface area contributed by atoms with E-state index >= 15 is 0 Å². The van der Waals surface area contributed by atoms with Gasteiger partial charge in [0.25, 0.3) is 0 Å². The van der Waals surface area contributed by atoms with Gasteiger partial charge in [0.2, 0.25) is 5.91 Å². The number of nitrogens with zero attached hydrogens (tertiary/aromatic N) is 2. The Morgan fingerprint density at radius 2 is 2.39 bits per heavy atom. The topological polar surface area (TPSA) is 45.2 Å². The van der Waals surface area contributed by atoms with Crippen molar-refractivity contribution < 1.29 is 4.79 Å². The lowest BCUT2D eigenvalue weighted by molar-refractivity contribution is -0.127. The number of aromatic nitrogens is 1. The van der Waals surface area contributed by atoms with Crippen molar-refractivity contribution in [3.63, 3.8) is 0 Å². The predicted molar refractivity (Wildman–Crippen MR) is 74.3 cm³/mol. The molecule has 0 spiro atoms. The molecule has 1 N–H and O–H groups in total. The molecule has 1 atom stereocenters. The van der Waals surface area contributed by atoms with Crippen LogP contribution in [0.15, 0.2) is 18.2 Å². The number of amides is 1. The molecule has 0 aliphatic carbocycles. The zero-order chi connectivity index (χ0) is 12.7. The fraction of sp³-hybridized carbons (Fsp3) is 0.333. The van der Waals surface area contributed by atoms with Crippen molar-refractivity contribution in [2.45, 2.75) is 12.5 Å². The van der Waals surface area contributed by atoms with E-state index in [4.69, 9.17) is 11.6 Å². The minimum atomic E-state index is -0.147. The first kappa shape index (κ1) is 11.7. The van der Waals surface area contributed by atoms with Gasteiger partial charge < -0.3 is 10.2 Å². The normalized spacial score (nSPS) is 19.8. The maximum atomic E-state index is 11.8. The van der Waals surface area contributed by atoms with Crippen LogP contribution >= 0.6 is 22.9 Å². The maximum absolute atomic E-state index is 11.8. The number of fused-ring (bicyclic) bond motifs is 1. The van der Waals surface area contributed by atoms with E-state index < -0.39 is 0 Å². The molecule has 3 rings (SSSR count). The average Bonchev–Trinajstić information content (AvgIpc) is 2.86. The summed E-state index contributed by atoms with van der Waals surface area (Å²) in [5, 5.41) is 4.66. The van der Waals surface area contributed by atoms with Gasteiger partial charge in [-0.05, 0) is 24.6 Å². The monoisotopic (exact) mass is 281 g/mol. The Kier molecular flexibility index (Phi) is 2.87. The number of likely N-dealkylation sites (tertiary alicyclic amines) is 1. The van der Waals surface area contributed by atoms with Crippen molar-refractivity contribution in [3.05, 3.63) is 23.2 Å². The number of nitrogens with one attached hydrogen (secondary N) is 1. The Balaban J connectivity index is 1.85. The fourth-order valence-corrected chi connectivity index (χ4v) is 3.13. The summed E-state index contributed by atoms with van der Waals surface area (Å²) in [5.74, 6) is 0.132. The van der Waals surface area contributed by atoms with Gasteiger partial charge in [0.05, 0.1) is 10.2 Å². The zero-order valence-electron chi connectivity index (χ0n) is 9.81. The Morgan fingerprint density at radius 3 is 3.11 bits per heavy atom. The molecule has 2 aromatic rings. The Bertz CT molecular complexity index is 612. The van der Waals surface area contributed by atoms with Crippen LogP contribution in [0.3, 0.4) is 0 Å². The number of likely N-dealkylation sites (N-methyl/N-ethyl adjacent to an activating group) is 1. The number of halogens is 1. The Morgan fingerprint density at radius 1 is 1.56 bits per heavy atom. The molecular weight excluding hydrogens is 270 g/mol. The highest BCUT2D eigenvalue weighted by Crippen LogP contribution is 2.29. The molecule has 1 aromatic heterocycles. The van der Waals surface area contributed by atoms with E-state index in [9.17, 15) is 4.79 Å². The van der Waals surface area contributed by atoms with Gasteiger partial charge in [0.1, 0.15) is 6.04 Å². The average molecular weight is 282 g/mol. The molecule has 6 heteroatoms. The van der Waals surface area contributed by atoms with Crippen LogP contribution in [0.25, 0.3) is 10.2 Å². The largest absolute Gasteiger partial charge is 0.350 e. The van der Waals surface area contributed by atoms with E-state index in [0.29, 0.717) is 5.02 Å². The van der Waals surface area contributed by atoms with Crippen LogP contribution in [-0.4, -0.2) is 35.4 Å². The summed E-state index contributed by atoms with van der Waals surface area (Å²) in [4.78, 5) is 18.0. The van der Waals surface area contributed by atoms with E-state index in [0.717, 1.165) is 28.3 Å². The first-order valence-corrected chi connectivity index (χ1v) is 6.90. The second kappa shape index (κ2) is 4.40. The summed E-state index contributed by atoms with van der Waals surface area (Å²) in [7, 11) is 1.82. The number of anilines is 1.